The van der Waals surface area contributed by atoms with Gasteiger partial charge in [-0.3, -0.25) is 0 Å². The Morgan fingerprint density at radius 1 is 0.920 bits per heavy atom. The van der Waals surface area contributed by atoms with Crippen molar-refractivity contribution < 1.29 is 4.74 Å². The standard InChI is InChI=1S/C22H28N2O/c1-3-4-5-6-12-17-24-21-16-11-10-15-20(21)23-22(24)18(2)25-19-13-8-7-9-14-19/h7-11,13-16,18H,3-6,12,17H2,1-2H3. The molecule has 1 heterocycles. The van der Waals surface area contributed by atoms with E-state index in [1.165, 1.54) is 37.6 Å². The summed E-state index contributed by atoms with van der Waals surface area (Å²) in [6.45, 7) is 5.34. The number of aryl methyl sites for hydroxylation is 1. The average molecular weight is 336 g/mol. The highest BCUT2D eigenvalue weighted by Gasteiger charge is 2.17. The van der Waals surface area contributed by atoms with Gasteiger partial charge in [0, 0.05) is 6.54 Å². The molecule has 0 aliphatic heterocycles. The molecule has 1 unspecified atom stereocenters. The molecule has 0 fully saturated rings. The fourth-order valence-electron chi connectivity index (χ4n) is 3.27. The fourth-order valence-corrected chi connectivity index (χ4v) is 3.27. The van der Waals surface area contributed by atoms with Gasteiger partial charge < -0.3 is 9.30 Å². The van der Waals surface area contributed by atoms with Gasteiger partial charge in [0.25, 0.3) is 0 Å². The number of unbranched alkanes of at least 4 members (excludes halogenated alkanes) is 4. The Labute approximate surface area is 150 Å². The van der Waals surface area contributed by atoms with Crippen molar-refractivity contribution in [1.82, 2.24) is 9.55 Å². The normalized spacial score (nSPS) is 12.4. The van der Waals surface area contributed by atoms with Crippen molar-refractivity contribution in [3.05, 3.63) is 60.4 Å². The lowest BCUT2D eigenvalue weighted by Gasteiger charge is -2.17. The minimum absolute atomic E-state index is 0.0783. The highest BCUT2D eigenvalue weighted by molar-refractivity contribution is 5.76. The predicted octanol–water partition coefficient (Wildman–Crippen LogP) is 6.15. The molecule has 0 spiro atoms. The number of imidazole rings is 1. The monoisotopic (exact) mass is 336 g/mol. The number of hydrogen-bond acceptors (Lipinski definition) is 2. The van der Waals surface area contributed by atoms with E-state index in [9.17, 15) is 0 Å². The van der Waals surface area contributed by atoms with Gasteiger partial charge in [0.05, 0.1) is 11.0 Å². The molecular formula is C22H28N2O. The third-order valence-electron chi connectivity index (χ3n) is 4.59. The minimum atomic E-state index is -0.0783. The Morgan fingerprint density at radius 3 is 2.44 bits per heavy atom. The van der Waals surface area contributed by atoms with Crippen LogP contribution in [0.5, 0.6) is 5.75 Å². The van der Waals surface area contributed by atoms with Crippen LogP contribution < -0.4 is 4.74 Å². The molecular weight excluding hydrogens is 308 g/mol. The number of rotatable bonds is 9. The lowest BCUT2D eigenvalue weighted by Crippen LogP contribution is -2.12. The topological polar surface area (TPSA) is 27.1 Å². The SMILES string of the molecule is CCCCCCCn1c(C(C)Oc2ccccc2)nc2ccccc21. The van der Waals surface area contributed by atoms with Crippen LogP contribution in [0.2, 0.25) is 0 Å². The number of nitrogens with zero attached hydrogens (tertiary/aromatic N) is 2. The molecule has 25 heavy (non-hydrogen) atoms. The van der Waals surface area contributed by atoms with Crippen LogP contribution in [0.3, 0.4) is 0 Å². The van der Waals surface area contributed by atoms with Crippen LogP contribution in [0.1, 0.15) is 57.9 Å². The van der Waals surface area contributed by atoms with Gasteiger partial charge in [-0.1, -0.05) is 62.9 Å². The highest BCUT2D eigenvalue weighted by Crippen LogP contribution is 2.25. The number of hydrogen-bond donors (Lipinski definition) is 0. The summed E-state index contributed by atoms with van der Waals surface area (Å²) in [7, 11) is 0. The molecule has 1 aromatic heterocycles. The molecule has 1 atom stereocenters. The van der Waals surface area contributed by atoms with Crippen molar-refractivity contribution in [2.75, 3.05) is 0 Å². The molecule has 3 nitrogen and oxygen atoms in total. The van der Waals surface area contributed by atoms with Gasteiger partial charge in [-0.25, -0.2) is 4.98 Å². The van der Waals surface area contributed by atoms with E-state index in [4.69, 9.17) is 9.72 Å². The second kappa shape index (κ2) is 8.70. The fraction of sp³-hybridized carbons (Fsp3) is 0.409. The van der Waals surface area contributed by atoms with Gasteiger partial charge in [0.15, 0.2) is 11.9 Å². The van der Waals surface area contributed by atoms with Crippen molar-refractivity contribution in [3.8, 4) is 5.75 Å². The zero-order chi connectivity index (χ0) is 17.5. The van der Waals surface area contributed by atoms with Crippen molar-refractivity contribution in [2.24, 2.45) is 0 Å². The summed E-state index contributed by atoms with van der Waals surface area (Å²) < 4.78 is 8.47. The molecule has 0 saturated heterocycles. The molecule has 3 aromatic rings. The quantitative estimate of drug-likeness (QED) is 0.438. The third kappa shape index (κ3) is 4.41. The molecule has 0 saturated carbocycles. The van der Waals surface area contributed by atoms with Crippen molar-refractivity contribution in [1.29, 1.82) is 0 Å². The summed E-state index contributed by atoms with van der Waals surface area (Å²) in [6.07, 6.45) is 6.30. The molecule has 3 heteroatoms. The average Bonchev–Trinajstić information content (AvgIpc) is 3.01. The number of fused-ring (bicyclic) bond motifs is 1. The van der Waals surface area contributed by atoms with Crippen molar-refractivity contribution in [2.45, 2.75) is 58.6 Å². The number of benzene rings is 2. The van der Waals surface area contributed by atoms with E-state index in [2.05, 4.69) is 36.6 Å². The van der Waals surface area contributed by atoms with E-state index in [-0.39, 0.29) is 6.10 Å². The largest absolute Gasteiger partial charge is 0.483 e. The first-order valence-electron chi connectivity index (χ1n) is 9.46. The summed E-state index contributed by atoms with van der Waals surface area (Å²) in [5.74, 6) is 1.90. The molecule has 0 N–H and O–H groups in total. The maximum atomic E-state index is 6.13. The van der Waals surface area contributed by atoms with Crippen LogP contribution in [0.25, 0.3) is 11.0 Å². The van der Waals surface area contributed by atoms with Crippen LogP contribution in [0, 0.1) is 0 Å². The lowest BCUT2D eigenvalue weighted by atomic mass is 10.1. The Hall–Kier alpha value is -2.29. The first-order chi connectivity index (χ1) is 12.3. The van der Waals surface area contributed by atoms with E-state index < -0.39 is 0 Å². The van der Waals surface area contributed by atoms with Gasteiger partial charge in [0.2, 0.25) is 0 Å². The zero-order valence-corrected chi connectivity index (χ0v) is 15.3. The summed E-state index contributed by atoms with van der Waals surface area (Å²) >= 11 is 0. The van der Waals surface area contributed by atoms with Crippen molar-refractivity contribution in [3.63, 3.8) is 0 Å². The van der Waals surface area contributed by atoms with Gasteiger partial charge in [-0.2, -0.15) is 0 Å². The van der Waals surface area contributed by atoms with E-state index in [0.717, 1.165) is 23.6 Å². The molecule has 2 aromatic carbocycles. The molecule has 0 bridgehead atoms. The smallest absolute Gasteiger partial charge is 0.153 e. The molecule has 3 rings (SSSR count). The number of ether oxygens (including phenoxy) is 1. The van der Waals surface area contributed by atoms with Gasteiger partial charge in [-0.05, 0) is 37.6 Å². The predicted molar refractivity (Wildman–Crippen MR) is 104 cm³/mol. The number of aromatic nitrogens is 2. The van der Waals surface area contributed by atoms with E-state index in [1.807, 2.05) is 36.4 Å². The summed E-state index contributed by atoms with van der Waals surface area (Å²) in [4.78, 5) is 4.86. The summed E-state index contributed by atoms with van der Waals surface area (Å²) in [6, 6.07) is 18.4. The maximum absolute atomic E-state index is 6.13. The molecule has 0 aliphatic carbocycles. The van der Waals surface area contributed by atoms with Gasteiger partial charge in [0.1, 0.15) is 5.75 Å². The second-order valence-electron chi connectivity index (χ2n) is 6.60. The first-order valence-corrected chi connectivity index (χ1v) is 9.46. The Bertz CT molecular complexity index is 779. The van der Waals surface area contributed by atoms with Gasteiger partial charge >= 0.3 is 0 Å². The molecule has 0 aliphatic rings. The van der Waals surface area contributed by atoms with Crippen LogP contribution in [-0.4, -0.2) is 9.55 Å². The first kappa shape index (κ1) is 17.5. The zero-order valence-electron chi connectivity index (χ0n) is 15.3. The summed E-state index contributed by atoms with van der Waals surface area (Å²) in [5, 5.41) is 0. The minimum Gasteiger partial charge on any atom is -0.483 e. The molecule has 0 radical (unpaired) electrons. The van der Waals surface area contributed by atoms with Crippen LogP contribution in [0.4, 0.5) is 0 Å². The molecule has 0 amide bonds. The number of para-hydroxylation sites is 3. The summed E-state index contributed by atoms with van der Waals surface area (Å²) in [5.41, 5.74) is 2.26. The lowest BCUT2D eigenvalue weighted by molar-refractivity contribution is 0.211. The maximum Gasteiger partial charge on any atom is 0.153 e. The Kier molecular flexibility index (Phi) is 6.10. The molecule has 132 valence electrons. The van der Waals surface area contributed by atoms with E-state index >= 15 is 0 Å². The van der Waals surface area contributed by atoms with E-state index in [1.54, 1.807) is 0 Å². The Morgan fingerprint density at radius 2 is 1.64 bits per heavy atom. The van der Waals surface area contributed by atoms with Crippen LogP contribution in [0.15, 0.2) is 54.6 Å². The van der Waals surface area contributed by atoms with Crippen LogP contribution >= 0.6 is 0 Å². The Balaban J connectivity index is 1.79. The van der Waals surface area contributed by atoms with Crippen LogP contribution in [-0.2, 0) is 6.54 Å². The highest BCUT2D eigenvalue weighted by atomic mass is 16.5. The third-order valence-corrected chi connectivity index (χ3v) is 4.59. The second-order valence-corrected chi connectivity index (χ2v) is 6.60. The van der Waals surface area contributed by atoms with Crippen molar-refractivity contribution >= 4 is 11.0 Å². The van der Waals surface area contributed by atoms with Gasteiger partial charge in [-0.15, -0.1) is 0 Å². The van der Waals surface area contributed by atoms with E-state index in [0.29, 0.717) is 0 Å².